The molecule has 0 fully saturated rings. The first-order chi connectivity index (χ1) is 6.29. The van der Waals surface area contributed by atoms with Crippen molar-refractivity contribution in [1.82, 2.24) is 5.32 Å². The number of amides is 1. The van der Waals surface area contributed by atoms with Gasteiger partial charge in [-0.25, -0.2) is 0 Å². The Hall–Kier alpha value is -1.51. The molecule has 3 nitrogen and oxygen atoms in total. The molecule has 1 heterocycles. The number of carbonyl (C=O) groups excluding carboxylic acids is 1. The fourth-order valence-corrected chi connectivity index (χ4v) is 1.09. The van der Waals surface area contributed by atoms with E-state index in [4.69, 9.17) is 4.74 Å². The van der Waals surface area contributed by atoms with Gasteiger partial charge in [-0.2, -0.15) is 0 Å². The minimum Gasteiger partial charge on any atom is -0.491 e. The largest absolute Gasteiger partial charge is 0.491 e. The minimum atomic E-state index is -0.124. The first-order valence-corrected chi connectivity index (χ1v) is 4.20. The van der Waals surface area contributed by atoms with Gasteiger partial charge in [-0.15, -0.1) is 0 Å². The lowest BCUT2D eigenvalue weighted by atomic mass is 10.2. The van der Waals surface area contributed by atoms with Crippen LogP contribution in [0.4, 0.5) is 0 Å². The van der Waals surface area contributed by atoms with E-state index in [-0.39, 0.29) is 5.91 Å². The van der Waals surface area contributed by atoms with Crippen molar-refractivity contribution in [3.8, 4) is 0 Å². The minimum absolute atomic E-state index is 0.124. The summed E-state index contributed by atoms with van der Waals surface area (Å²) in [6, 6.07) is 0. The number of hydrogen-bond acceptors (Lipinski definition) is 2. The van der Waals surface area contributed by atoms with E-state index in [1.165, 1.54) is 6.08 Å². The van der Waals surface area contributed by atoms with Gasteiger partial charge < -0.3 is 10.1 Å². The molecule has 0 spiro atoms. The lowest BCUT2D eigenvalue weighted by Gasteiger charge is -2.03. The van der Waals surface area contributed by atoms with Gasteiger partial charge in [-0.1, -0.05) is 18.7 Å². The molecule has 1 aliphatic rings. The first-order valence-electron chi connectivity index (χ1n) is 4.20. The maximum absolute atomic E-state index is 11.4. The Morgan fingerprint density at radius 2 is 2.38 bits per heavy atom. The molecule has 0 atom stereocenters. The van der Waals surface area contributed by atoms with Crippen molar-refractivity contribution in [2.45, 2.75) is 6.92 Å². The summed E-state index contributed by atoms with van der Waals surface area (Å²) in [5, 5.41) is 2.71. The van der Waals surface area contributed by atoms with Gasteiger partial charge in [0.2, 0.25) is 0 Å². The van der Waals surface area contributed by atoms with Crippen molar-refractivity contribution in [2.24, 2.45) is 0 Å². The van der Waals surface area contributed by atoms with Crippen molar-refractivity contribution in [2.75, 3.05) is 13.2 Å². The Bertz CT molecular complexity index is 277. The third-order valence-corrected chi connectivity index (χ3v) is 1.68. The van der Waals surface area contributed by atoms with Gasteiger partial charge in [-0.3, -0.25) is 4.79 Å². The number of ether oxygens (including phenoxy) is 1. The number of carbonyl (C=O) groups is 1. The molecule has 0 radical (unpaired) electrons. The van der Waals surface area contributed by atoms with Crippen molar-refractivity contribution in [1.29, 1.82) is 0 Å². The van der Waals surface area contributed by atoms with Crippen LogP contribution in [-0.4, -0.2) is 19.1 Å². The quantitative estimate of drug-likeness (QED) is 0.690. The summed E-state index contributed by atoms with van der Waals surface area (Å²) in [7, 11) is 0. The molecule has 13 heavy (non-hydrogen) atoms. The molecule has 0 aromatic rings. The first kappa shape index (κ1) is 9.58. The second-order valence-corrected chi connectivity index (χ2v) is 2.59. The van der Waals surface area contributed by atoms with E-state index in [2.05, 4.69) is 11.9 Å². The molecule has 0 saturated carbocycles. The number of rotatable bonds is 2. The molecule has 0 bridgehead atoms. The molecule has 70 valence electrons. The third kappa shape index (κ3) is 2.21. The average molecular weight is 179 g/mol. The van der Waals surface area contributed by atoms with Gasteiger partial charge in [0.05, 0.1) is 12.1 Å². The monoisotopic (exact) mass is 179 g/mol. The molecule has 3 heteroatoms. The van der Waals surface area contributed by atoms with E-state index < -0.39 is 0 Å². The van der Waals surface area contributed by atoms with Crippen LogP contribution in [-0.2, 0) is 9.53 Å². The standard InChI is InChI=1S/C10H13NO2/c1-3-5-9-8(4-2)10(12)11-6-7-13-9/h3-5H,2,6-7H2,1H3,(H,11,12)/b5-3-. The van der Waals surface area contributed by atoms with E-state index in [1.807, 2.05) is 13.0 Å². The van der Waals surface area contributed by atoms with Crippen molar-refractivity contribution >= 4 is 5.91 Å². The van der Waals surface area contributed by atoms with Crippen molar-refractivity contribution in [3.05, 3.63) is 36.1 Å². The lowest BCUT2D eigenvalue weighted by Crippen LogP contribution is -2.25. The Balaban J connectivity index is 3.02. The summed E-state index contributed by atoms with van der Waals surface area (Å²) in [6.45, 7) is 6.49. The van der Waals surface area contributed by atoms with Crippen LogP contribution in [0.2, 0.25) is 0 Å². The Labute approximate surface area is 77.8 Å². The number of allylic oxidation sites excluding steroid dienone is 2. The molecular weight excluding hydrogens is 166 g/mol. The van der Waals surface area contributed by atoms with Crippen molar-refractivity contribution < 1.29 is 9.53 Å². The van der Waals surface area contributed by atoms with E-state index in [1.54, 1.807) is 6.08 Å². The summed E-state index contributed by atoms with van der Waals surface area (Å²) >= 11 is 0. The van der Waals surface area contributed by atoms with E-state index in [0.717, 1.165) is 0 Å². The second kappa shape index (κ2) is 4.50. The van der Waals surface area contributed by atoms with Gasteiger partial charge in [0.25, 0.3) is 5.91 Å². The van der Waals surface area contributed by atoms with Gasteiger partial charge in [-0.05, 0) is 13.0 Å². The highest BCUT2D eigenvalue weighted by Crippen LogP contribution is 2.11. The van der Waals surface area contributed by atoms with Crippen LogP contribution in [0, 0.1) is 0 Å². The number of hydrogen-bond donors (Lipinski definition) is 1. The zero-order valence-electron chi connectivity index (χ0n) is 7.67. The lowest BCUT2D eigenvalue weighted by molar-refractivity contribution is -0.117. The topological polar surface area (TPSA) is 38.3 Å². The molecule has 0 aromatic carbocycles. The molecule has 1 aliphatic heterocycles. The average Bonchev–Trinajstić information content (AvgIpc) is 2.28. The van der Waals surface area contributed by atoms with Crippen LogP contribution in [0.3, 0.4) is 0 Å². The molecule has 1 N–H and O–H groups in total. The van der Waals surface area contributed by atoms with E-state index in [0.29, 0.717) is 24.5 Å². The van der Waals surface area contributed by atoms with E-state index in [9.17, 15) is 4.79 Å². The summed E-state index contributed by atoms with van der Waals surface area (Å²) in [5.41, 5.74) is 0.496. The molecule has 0 aliphatic carbocycles. The van der Waals surface area contributed by atoms with Crippen LogP contribution < -0.4 is 5.32 Å². The molecule has 0 saturated heterocycles. The summed E-state index contributed by atoms with van der Waals surface area (Å²) in [6.07, 6.45) is 5.11. The molecule has 0 unspecified atom stereocenters. The molecule has 1 amide bonds. The van der Waals surface area contributed by atoms with Crippen LogP contribution in [0.25, 0.3) is 0 Å². The summed E-state index contributed by atoms with van der Waals surface area (Å²) < 4.78 is 5.36. The summed E-state index contributed by atoms with van der Waals surface area (Å²) in [4.78, 5) is 11.4. The molecular formula is C10H13NO2. The van der Waals surface area contributed by atoms with Gasteiger partial charge in [0.1, 0.15) is 12.4 Å². The fourth-order valence-electron chi connectivity index (χ4n) is 1.09. The SMILES string of the molecule is C=CC1=C(/C=C\C)OCCNC1=O. The van der Waals surface area contributed by atoms with Gasteiger partial charge in [0, 0.05) is 0 Å². The third-order valence-electron chi connectivity index (χ3n) is 1.68. The molecule has 1 rings (SSSR count). The number of nitrogens with one attached hydrogen (secondary N) is 1. The predicted molar refractivity (Wildman–Crippen MR) is 51.0 cm³/mol. The van der Waals surface area contributed by atoms with Crippen LogP contribution in [0.1, 0.15) is 6.92 Å². The smallest absolute Gasteiger partial charge is 0.255 e. The van der Waals surface area contributed by atoms with Gasteiger partial charge in [0.15, 0.2) is 0 Å². The second-order valence-electron chi connectivity index (χ2n) is 2.59. The zero-order chi connectivity index (χ0) is 9.68. The fraction of sp³-hybridized carbons (Fsp3) is 0.300. The van der Waals surface area contributed by atoms with Crippen LogP contribution >= 0.6 is 0 Å². The molecule has 0 aromatic heterocycles. The Kier molecular flexibility index (Phi) is 3.31. The maximum Gasteiger partial charge on any atom is 0.255 e. The maximum atomic E-state index is 11.4. The Morgan fingerprint density at radius 1 is 1.62 bits per heavy atom. The highest BCUT2D eigenvalue weighted by atomic mass is 16.5. The van der Waals surface area contributed by atoms with E-state index >= 15 is 0 Å². The van der Waals surface area contributed by atoms with Crippen molar-refractivity contribution in [3.63, 3.8) is 0 Å². The van der Waals surface area contributed by atoms with Crippen LogP contribution in [0.5, 0.6) is 0 Å². The van der Waals surface area contributed by atoms with Gasteiger partial charge >= 0.3 is 0 Å². The normalized spacial score (nSPS) is 18.1. The summed E-state index contributed by atoms with van der Waals surface area (Å²) in [5.74, 6) is 0.466. The van der Waals surface area contributed by atoms with Crippen LogP contribution in [0.15, 0.2) is 36.1 Å². The highest BCUT2D eigenvalue weighted by Gasteiger charge is 2.14. The predicted octanol–water partition coefficient (Wildman–Crippen LogP) is 1.15. The Morgan fingerprint density at radius 3 is 3.00 bits per heavy atom. The zero-order valence-corrected chi connectivity index (χ0v) is 7.67. The highest BCUT2D eigenvalue weighted by molar-refractivity contribution is 5.97.